The number of amides is 2. The van der Waals surface area contributed by atoms with E-state index < -0.39 is 11.8 Å². The third-order valence-corrected chi connectivity index (χ3v) is 3.07. The van der Waals surface area contributed by atoms with Crippen molar-refractivity contribution in [3.8, 4) is 0 Å². The zero-order valence-corrected chi connectivity index (χ0v) is 11.0. The Kier molecular flexibility index (Phi) is 4.08. The van der Waals surface area contributed by atoms with E-state index in [4.69, 9.17) is 5.73 Å². The fourth-order valence-electron chi connectivity index (χ4n) is 1.38. The number of nitrogens with zero attached hydrogens (tertiary/aromatic N) is 1. The lowest BCUT2D eigenvalue weighted by atomic mass is 10.3. The first-order chi connectivity index (χ1) is 9.04. The standard InChI is InChI=1S/C12H13FN4OS/c1-7(14)10-6-19-12(16-10)17-11(18)15-9-4-2-3-8(13)5-9/h2-7H,14H2,1H3,(H2,15,16,17,18). The van der Waals surface area contributed by atoms with E-state index in [2.05, 4.69) is 15.6 Å². The monoisotopic (exact) mass is 280 g/mol. The van der Waals surface area contributed by atoms with Gasteiger partial charge in [-0.1, -0.05) is 6.07 Å². The first-order valence-corrected chi connectivity index (χ1v) is 6.47. The molecule has 0 bridgehead atoms. The Hall–Kier alpha value is -1.99. The maximum absolute atomic E-state index is 12.9. The smallest absolute Gasteiger partial charge is 0.323 e. The van der Waals surface area contributed by atoms with Gasteiger partial charge in [-0.3, -0.25) is 5.32 Å². The quantitative estimate of drug-likeness (QED) is 0.808. The van der Waals surface area contributed by atoms with Gasteiger partial charge in [-0.15, -0.1) is 11.3 Å². The van der Waals surface area contributed by atoms with Crippen LogP contribution >= 0.6 is 11.3 Å². The van der Waals surface area contributed by atoms with E-state index in [9.17, 15) is 9.18 Å². The summed E-state index contributed by atoms with van der Waals surface area (Å²) in [4.78, 5) is 15.8. The van der Waals surface area contributed by atoms with Gasteiger partial charge in [0, 0.05) is 17.1 Å². The van der Waals surface area contributed by atoms with Crippen molar-refractivity contribution in [2.24, 2.45) is 5.73 Å². The average Bonchev–Trinajstić information content (AvgIpc) is 2.77. The van der Waals surface area contributed by atoms with Gasteiger partial charge in [-0.2, -0.15) is 0 Å². The summed E-state index contributed by atoms with van der Waals surface area (Å²) in [5.41, 5.74) is 6.76. The Morgan fingerprint density at radius 3 is 2.89 bits per heavy atom. The zero-order chi connectivity index (χ0) is 13.8. The number of hydrogen-bond donors (Lipinski definition) is 3. The van der Waals surface area contributed by atoms with Crippen LogP contribution in [-0.2, 0) is 0 Å². The maximum atomic E-state index is 12.9. The molecule has 0 radical (unpaired) electrons. The minimum Gasteiger partial charge on any atom is -0.323 e. The summed E-state index contributed by atoms with van der Waals surface area (Å²) in [5.74, 6) is -0.411. The molecular weight excluding hydrogens is 267 g/mol. The lowest BCUT2D eigenvalue weighted by Gasteiger charge is -2.05. The minimum atomic E-state index is -0.476. The first kappa shape index (κ1) is 13.4. The van der Waals surface area contributed by atoms with Crippen LogP contribution in [0.5, 0.6) is 0 Å². The molecule has 0 saturated carbocycles. The molecule has 1 aromatic heterocycles. The molecule has 4 N–H and O–H groups in total. The molecule has 0 saturated heterocycles. The summed E-state index contributed by atoms with van der Waals surface area (Å²) in [6.07, 6.45) is 0. The second-order valence-corrected chi connectivity index (χ2v) is 4.81. The Bertz CT molecular complexity index is 585. The van der Waals surface area contributed by atoms with E-state index in [0.717, 1.165) is 0 Å². The van der Waals surface area contributed by atoms with Crippen molar-refractivity contribution in [3.05, 3.63) is 41.2 Å². The van der Waals surface area contributed by atoms with Gasteiger partial charge in [0.2, 0.25) is 0 Å². The second kappa shape index (κ2) is 5.77. The molecule has 0 spiro atoms. The molecular formula is C12H13FN4OS. The highest BCUT2D eigenvalue weighted by Gasteiger charge is 2.09. The number of urea groups is 1. The number of anilines is 2. The molecule has 7 heteroatoms. The SMILES string of the molecule is CC(N)c1csc(NC(=O)Nc2cccc(F)c2)n1. The number of benzene rings is 1. The van der Waals surface area contributed by atoms with Crippen molar-refractivity contribution in [2.75, 3.05) is 10.6 Å². The fraction of sp³-hybridized carbons (Fsp3) is 0.167. The summed E-state index contributed by atoms with van der Waals surface area (Å²) in [5, 5.41) is 7.31. The summed E-state index contributed by atoms with van der Waals surface area (Å²) < 4.78 is 12.9. The van der Waals surface area contributed by atoms with Gasteiger partial charge in [0.15, 0.2) is 5.13 Å². The summed E-state index contributed by atoms with van der Waals surface area (Å²) in [6.45, 7) is 1.81. The molecule has 2 rings (SSSR count). The van der Waals surface area contributed by atoms with Crippen molar-refractivity contribution in [2.45, 2.75) is 13.0 Å². The number of aromatic nitrogens is 1. The molecule has 0 fully saturated rings. The highest BCUT2D eigenvalue weighted by Crippen LogP contribution is 2.19. The molecule has 1 unspecified atom stereocenters. The molecule has 1 aromatic carbocycles. The Labute approximate surface area is 113 Å². The Morgan fingerprint density at radius 1 is 1.47 bits per heavy atom. The fourth-order valence-corrected chi connectivity index (χ4v) is 2.19. The molecule has 2 amide bonds. The van der Waals surface area contributed by atoms with Crippen LogP contribution in [0.15, 0.2) is 29.6 Å². The van der Waals surface area contributed by atoms with Crippen LogP contribution in [0.1, 0.15) is 18.7 Å². The molecule has 1 heterocycles. The van der Waals surface area contributed by atoms with Gasteiger partial charge in [-0.25, -0.2) is 14.2 Å². The van der Waals surface area contributed by atoms with Gasteiger partial charge < -0.3 is 11.1 Å². The number of carbonyl (C=O) groups excluding carboxylic acids is 1. The molecule has 100 valence electrons. The largest absolute Gasteiger partial charge is 0.325 e. The van der Waals surface area contributed by atoms with Crippen LogP contribution in [0.3, 0.4) is 0 Å². The van der Waals surface area contributed by atoms with Crippen LogP contribution in [0.4, 0.5) is 20.0 Å². The molecule has 2 aromatic rings. The van der Waals surface area contributed by atoms with Crippen molar-refractivity contribution >= 4 is 28.2 Å². The van der Waals surface area contributed by atoms with Crippen molar-refractivity contribution < 1.29 is 9.18 Å². The van der Waals surface area contributed by atoms with Gasteiger partial charge in [0.1, 0.15) is 5.82 Å². The van der Waals surface area contributed by atoms with Crippen LogP contribution in [0.2, 0.25) is 0 Å². The van der Waals surface area contributed by atoms with Crippen molar-refractivity contribution in [1.29, 1.82) is 0 Å². The van der Waals surface area contributed by atoms with Crippen LogP contribution in [0, 0.1) is 5.82 Å². The molecule has 5 nitrogen and oxygen atoms in total. The lowest BCUT2D eigenvalue weighted by Crippen LogP contribution is -2.19. The number of nitrogens with one attached hydrogen (secondary N) is 2. The molecule has 0 aliphatic carbocycles. The highest BCUT2D eigenvalue weighted by molar-refractivity contribution is 7.13. The molecule has 19 heavy (non-hydrogen) atoms. The van der Waals surface area contributed by atoms with Gasteiger partial charge in [0.05, 0.1) is 5.69 Å². The highest BCUT2D eigenvalue weighted by atomic mass is 32.1. The lowest BCUT2D eigenvalue weighted by molar-refractivity contribution is 0.262. The predicted octanol–water partition coefficient (Wildman–Crippen LogP) is 2.95. The second-order valence-electron chi connectivity index (χ2n) is 3.96. The van der Waals surface area contributed by atoms with E-state index in [1.807, 2.05) is 6.92 Å². The normalized spacial score (nSPS) is 11.9. The molecule has 1 atom stereocenters. The number of halogens is 1. The molecule has 0 aliphatic rings. The zero-order valence-electron chi connectivity index (χ0n) is 10.2. The first-order valence-electron chi connectivity index (χ1n) is 5.59. The number of hydrogen-bond acceptors (Lipinski definition) is 4. The molecule has 0 aliphatic heterocycles. The number of thiazole rings is 1. The summed E-state index contributed by atoms with van der Waals surface area (Å²) in [7, 11) is 0. The van der Waals surface area contributed by atoms with Crippen LogP contribution in [0.25, 0.3) is 0 Å². The van der Waals surface area contributed by atoms with E-state index in [0.29, 0.717) is 16.5 Å². The average molecular weight is 280 g/mol. The Balaban J connectivity index is 1.97. The van der Waals surface area contributed by atoms with Crippen LogP contribution < -0.4 is 16.4 Å². The van der Waals surface area contributed by atoms with Gasteiger partial charge in [-0.05, 0) is 25.1 Å². The predicted molar refractivity (Wildman–Crippen MR) is 73.8 cm³/mol. The number of rotatable bonds is 3. The van der Waals surface area contributed by atoms with Crippen molar-refractivity contribution in [1.82, 2.24) is 4.98 Å². The van der Waals surface area contributed by atoms with E-state index in [1.165, 1.54) is 29.5 Å². The van der Waals surface area contributed by atoms with Crippen molar-refractivity contribution in [3.63, 3.8) is 0 Å². The third kappa shape index (κ3) is 3.73. The van der Waals surface area contributed by atoms with Gasteiger partial charge in [0.25, 0.3) is 0 Å². The van der Waals surface area contributed by atoms with E-state index in [-0.39, 0.29) is 6.04 Å². The maximum Gasteiger partial charge on any atom is 0.325 e. The number of carbonyl (C=O) groups is 1. The minimum absolute atomic E-state index is 0.182. The van der Waals surface area contributed by atoms with Gasteiger partial charge >= 0.3 is 6.03 Å². The summed E-state index contributed by atoms with van der Waals surface area (Å²) >= 11 is 1.28. The topological polar surface area (TPSA) is 80.0 Å². The Morgan fingerprint density at radius 2 is 2.26 bits per heavy atom. The van der Waals surface area contributed by atoms with Crippen LogP contribution in [-0.4, -0.2) is 11.0 Å². The van der Waals surface area contributed by atoms with E-state index in [1.54, 1.807) is 11.4 Å². The van der Waals surface area contributed by atoms with E-state index >= 15 is 0 Å². The third-order valence-electron chi connectivity index (χ3n) is 2.29. The summed E-state index contributed by atoms with van der Waals surface area (Å²) in [6, 6.07) is 4.99. The number of nitrogens with two attached hydrogens (primary N) is 1.